The van der Waals surface area contributed by atoms with Gasteiger partial charge in [-0.2, -0.15) is 0 Å². The number of thiophene rings is 1. The van der Waals surface area contributed by atoms with Crippen molar-refractivity contribution in [2.75, 3.05) is 9.80 Å². The van der Waals surface area contributed by atoms with E-state index in [9.17, 15) is 0 Å². The molecule has 0 aliphatic carbocycles. The van der Waals surface area contributed by atoms with E-state index in [0.717, 1.165) is 72.9 Å². The number of hydrogen-bond donors (Lipinski definition) is 0. The van der Waals surface area contributed by atoms with Gasteiger partial charge in [-0.1, -0.05) is 200 Å². The number of para-hydroxylation sites is 4. The molecule has 83 heavy (non-hydrogen) atoms. The molecule has 0 fully saturated rings. The van der Waals surface area contributed by atoms with Crippen LogP contribution in [0, 0.1) is 0 Å². The fraction of sp³-hybridized carbons (Fsp3) is 0. The maximum Gasteiger partial charge on any atom is 0.252 e. The van der Waals surface area contributed by atoms with Gasteiger partial charge >= 0.3 is 0 Å². The molecule has 0 saturated carbocycles. The Morgan fingerprint density at radius 2 is 0.867 bits per heavy atom. The molecule has 5 heterocycles. The zero-order valence-electron chi connectivity index (χ0n) is 44.9. The minimum absolute atomic E-state index is 0.0774. The van der Waals surface area contributed by atoms with E-state index in [0.29, 0.717) is 5.82 Å². The van der Waals surface area contributed by atoms with Gasteiger partial charge < -0.3 is 14.4 Å². The second-order valence-corrected chi connectivity index (χ2v) is 22.7. The second-order valence-electron chi connectivity index (χ2n) is 21.6. The third kappa shape index (κ3) is 7.55. The first kappa shape index (κ1) is 47.2. The lowest BCUT2D eigenvalue weighted by molar-refractivity contribution is 1.16. The van der Waals surface area contributed by atoms with Crippen LogP contribution in [-0.2, 0) is 0 Å². The van der Waals surface area contributed by atoms with E-state index in [4.69, 9.17) is 9.97 Å². The molecule has 0 radical (unpaired) electrons. The standard InChI is InChI=1S/C76H48BN5S/c1-4-20-51(21-5-1)63-48-64(52-22-6-2-7-23-52)79-76(78-63)54-42-44-66(82-65-32-14-10-29-59(65)73-69(82)45-43-58-57-28-11-17-37-72(57)83-75(58)73)60(47-54)50-40-38-49(39-41-50)53-24-18-27-56(46-53)81-68-34-16-13-31-62(68)77-61-30-12-15-33-67(61)80(55-25-8-3-9-26-55)70-35-19-36-71(81)74(70)77/h1-48H. The molecule has 17 rings (SSSR count). The maximum atomic E-state index is 5.33. The van der Waals surface area contributed by atoms with Gasteiger partial charge in [-0.3, -0.25) is 0 Å². The topological polar surface area (TPSA) is 37.2 Å². The molecule has 0 spiro atoms. The molecule has 0 unspecified atom stereocenters. The minimum atomic E-state index is 0.0774. The Balaban J connectivity index is 0.823. The third-order valence-corrected chi connectivity index (χ3v) is 18.2. The highest BCUT2D eigenvalue weighted by atomic mass is 32.1. The van der Waals surface area contributed by atoms with E-state index in [-0.39, 0.29) is 6.71 Å². The van der Waals surface area contributed by atoms with Crippen LogP contribution in [0.5, 0.6) is 0 Å². The zero-order chi connectivity index (χ0) is 54.5. The Hall–Kier alpha value is -10.6. The number of benzene rings is 12. The molecule has 386 valence electrons. The minimum Gasteiger partial charge on any atom is -0.311 e. The number of aromatic nitrogens is 3. The van der Waals surface area contributed by atoms with Crippen molar-refractivity contribution in [2.45, 2.75) is 0 Å². The van der Waals surface area contributed by atoms with Gasteiger partial charge in [0, 0.05) is 87.3 Å². The van der Waals surface area contributed by atoms with Crippen LogP contribution in [0.4, 0.5) is 34.1 Å². The molecule has 0 amide bonds. The van der Waals surface area contributed by atoms with Crippen LogP contribution in [0.3, 0.4) is 0 Å². The summed E-state index contributed by atoms with van der Waals surface area (Å²) < 4.78 is 5.08. The molecular weight excluding hydrogens is 1030 g/mol. The molecule has 0 saturated heterocycles. The van der Waals surface area contributed by atoms with E-state index in [1.54, 1.807) is 0 Å². The smallest absolute Gasteiger partial charge is 0.252 e. The Morgan fingerprint density at radius 3 is 1.58 bits per heavy atom. The SMILES string of the molecule is c1ccc(-c2cc(-c3ccccc3)nc(-c3ccc(-n4c5ccccc5c5c6sc7ccccc7c6ccc54)c(-c4ccc(-c5cccc(N6c7ccccc7B7c8ccccc8N(c8ccccc8)c8cccc6c87)c5)cc4)c3)n2)cc1. The van der Waals surface area contributed by atoms with Crippen LogP contribution >= 0.6 is 11.3 Å². The van der Waals surface area contributed by atoms with Crippen LogP contribution in [0.25, 0.3) is 104 Å². The number of rotatable bonds is 8. The van der Waals surface area contributed by atoms with Gasteiger partial charge in [0.2, 0.25) is 0 Å². The van der Waals surface area contributed by atoms with Crippen molar-refractivity contribution < 1.29 is 0 Å². The zero-order valence-corrected chi connectivity index (χ0v) is 45.8. The summed E-state index contributed by atoms with van der Waals surface area (Å²) in [5, 5.41) is 5.09. The first-order valence-electron chi connectivity index (χ1n) is 28.3. The average molecular weight is 1070 g/mol. The van der Waals surface area contributed by atoms with Crippen LogP contribution in [0.2, 0.25) is 0 Å². The van der Waals surface area contributed by atoms with Crippen molar-refractivity contribution in [1.82, 2.24) is 14.5 Å². The normalized spacial score (nSPS) is 12.5. The number of hydrogen-bond acceptors (Lipinski definition) is 5. The summed E-state index contributed by atoms with van der Waals surface area (Å²) in [6, 6.07) is 106. The molecule has 7 heteroatoms. The molecule has 2 aliphatic rings. The van der Waals surface area contributed by atoms with Gasteiger partial charge in [-0.15, -0.1) is 11.3 Å². The van der Waals surface area contributed by atoms with E-state index >= 15 is 0 Å². The lowest BCUT2D eigenvalue weighted by atomic mass is 9.33. The Bertz CT molecular complexity index is 5000. The average Bonchev–Trinajstić information content (AvgIpc) is 2.46. The Labute approximate surface area is 485 Å². The van der Waals surface area contributed by atoms with Crippen molar-refractivity contribution in [3.63, 3.8) is 0 Å². The first-order valence-corrected chi connectivity index (χ1v) is 29.2. The molecule has 0 bridgehead atoms. The summed E-state index contributed by atoms with van der Waals surface area (Å²) in [4.78, 5) is 15.6. The molecular formula is C76H48BN5S. The Morgan fingerprint density at radius 1 is 0.325 bits per heavy atom. The van der Waals surface area contributed by atoms with Crippen LogP contribution < -0.4 is 26.2 Å². The molecule has 0 N–H and O–H groups in total. The highest BCUT2D eigenvalue weighted by molar-refractivity contribution is 7.26. The quantitative estimate of drug-likeness (QED) is 0.142. The monoisotopic (exact) mass is 1070 g/mol. The summed E-state index contributed by atoms with van der Waals surface area (Å²) >= 11 is 1.88. The maximum absolute atomic E-state index is 5.33. The number of fused-ring (bicyclic) bond motifs is 11. The van der Waals surface area contributed by atoms with Gasteiger partial charge in [0.1, 0.15) is 0 Å². The molecule has 2 aliphatic heterocycles. The summed E-state index contributed by atoms with van der Waals surface area (Å²) in [6.45, 7) is 0.0774. The molecule has 0 atom stereocenters. The van der Waals surface area contributed by atoms with Gasteiger partial charge in [-0.05, 0) is 124 Å². The van der Waals surface area contributed by atoms with Gasteiger partial charge in [0.05, 0.1) is 28.1 Å². The number of anilines is 6. The van der Waals surface area contributed by atoms with E-state index in [2.05, 4.69) is 293 Å². The molecule has 12 aromatic carbocycles. The summed E-state index contributed by atoms with van der Waals surface area (Å²) in [5.74, 6) is 0.669. The predicted molar refractivity (Wildman–Crippen MR) is 350 cm³/mol. The van der Waals surface area contributed by atoms with Crippen molar-refractivity contribution in [3.05, 3.63) is 291 Å². The van der Waals surface area contributed by atoms with E-state index < -0.39 is 0 Å². The predicted octanol–water partition coefficient (Wildman–Crippen LogP) is 18.4. The van der Waals surface area contributed by atoms with Crippen molar-refractivity contribution >= 4 is 111 Å². The Kier molecular flexibility index (Phi) is 10.8. The van der Waals surface area contributed by atoms with E-state index in [1.165, 1.54) is 75.6 Å². The summed E-state index contributed by atoms with van der Waals surface area (Å²) in [5.41, 5.74) is 23.6. The molecule has 15 aromatic rings. The van der Waals surface area contributed by atoms with Crippen molar-refractivity contribution in [1.29, 1.82) is 0 Å². The van der Waals surface area contributed by atoms with Crippen LogP contribution in [0.1, 0.15) is 0 Å². The van der Waals surface area contributed by atoms with Gasteiger partial charge in [-0.25, -0.2) is 9.97 Å². The van der Waals surface area contributed by atoms with Crippen LogP contribution in [0.15, 0.2) is 291 Å². The van der Waals surface area contributed by atoms with Crippen molar-refractivity contribution in [2.24, 2.45) is 0 Å². The largest absolute Gasteiger partial charge is 0.311 e. The van der Waals surface area contributed by atoms with Crippen molar-refractivity contribution in [3.8, 4) is 61.8 Å². The highest BCUT2D eigenvalue weighted by Crippen LogP contribution is 2.47. The molecule has 3 aromatic heterocycles. The fourth-order valence-electron chi connectivity index (χ4n) is 13.3. The third-order valence-electron chi connectivity index (χ3n) is 17.0. The summed E-state index contributed by atoms with van der Waals surface area (Å²) in [6.07, 6.45) is 0. The fourth-order valence-corrected chi connectivity index (χ4v) is 14.6. The highest BCUT2D eigenvalue weighted by Gasteiger charge is 2.43. The second kappa shape index (κ2) is 19.0. The first-order chi connectivity index (χ1) is 41.2. The molecule has 5 nitrogen and oxygen atoms in total. The lowest BCUT2D eigenvalue weighted by Gasteiger charge is -2.44. The summed E-state index contributed by atoms with van der Waals surface area (Å²) in [7, 11) is 0. The van der Waals surface area contributed by atoms with Gasteiger partial charge in [0.15, 0.2) is 5.82 Å². The van der Waals surface area contributed by atoms with Crippen LogP contribution in [-0.4, -0.2) is 21.2 Å². The number of nitrogens with zero attached hydrogens (tertiary/aromatic N) is 5. The van der Waals surface area contributed by atoms with E-state index in [1.807, 2.05) is 23.5 Å². The lowest BCUT2D eigenvalue weighted by Crippen LogP contribution is -2.61. The van der Waals surface area contributed by atoms with Gasteiger partial charge in [0.25, 0.3) is 6.71 Å².